The Kier molecular flexibility index (Phi) is 7.11. The van der Waals surface area contributed by atoms with E-state index in [1.165, 1.54) is 14.2 Å². The van der Waals surface area contributed by atoms with Crippen LogP contribution in [-0.4, -0.2) is 60.8 Å². The van der Waals surface area contributed by atoms with Crippen molar-refractivity contribution >= 4 is 34.1 Å². The standard InChI is InChI=1S/C28H27ClN4O5/c1-37-24-15-22-23(16-25(24)38-2)30-28(36)33(27(22)35)17-18-6-8-19(9-7-18)26(34)32-12-10-31(11-13-32)21-5-3-4-20(29)14-21/h3-9,14-16H,10-13,17H2,1-2H3,(H,30,36). The molecule has 5 rings (SSSR count). The molecule has 3 aromatic carbocycles. The van der Waals surface area contributed by atoms with E-state index < -0.39 is 11.2 Å². The van der Waals surface area contributed by atoms with Crippen molar-refractivity contribution in [2.24, 2.45) is 0 Å². The van der Waals surface area contributed by atoms with Crippen LogP contribution in [0.25, 0.3) is 10.9 Å². The highest BCUT2D eigenvalue weighted by molar-refractivity contribution is 6.30. The zero-order chi connectivity index (χ0) is 26.8. The molecule has 0 bridgehead atoms. The number of fused-ring (bicyclic) bond motifs is 1. The fraction of sp³-hybridized carbons (Fsp3) is 0.250. The first-order valence-electron chi connectivity index (χ1n) is 12.2. The number of amides is 1. The predicted octanol–water partition coefficient (Wildman–Crippen LogP) is 3.37. The first kappa shape index (κ1) is 25.4. The van der Waals surface area contributed by atoms with E-state index in [4.69, 9.17) is 21.1 Å². The summed E-state index contributed by atoms with van der Waals surface area (Å²) in [7, 11) is 2.97. The maximum absolute atomic E-state index is 13.1. The van der Waals surface area contributed by atoms with E-state index in [1.54, 1.807) is 36.4 Å². The monoisotopic (exact) mass is 534 g/mol. The zero-order valence-corrected chi connectivity index (χ0v) is 21.8. The number of carbonyl (C=O) groups is 1. The number of methoxy groups -OCH3 is 2. The molecule has 0 aliphatic carbocycles. The van der Waals surface area contributed by atoms with Gasteiger partial charge in [0.25, 0.3) is 11.5 Å². The van der Waals surface area contributed by atoms with Crippen LogP contribution in [-0.2, 0) is 6.54 Å². The van der Waals surface area contributed by atoms with Gasteiger partial charge in [-0.2, -0.15) is 0 Å². The molecule has 0 atom stereocenters. The smallest absolute Gasteiger partial charge is 0.329 e. The van der Waals surface area contributed by atoms with Crippen molar-refractivity contribution in [3.8, 4) is 11.5 Å². The van der Waals surface area contributed by atoms with Crippen LogP contribution in [0.3, 0.4) is 0 Å². The van der Waals surface area contributed by atoms with Gasteiger partial charge < -0.3 is 24.3 Å². The minimum absolute atomic E-state index is 0.0518. The molecule has 0 unspecified atom stereocenters. The van der Waals surface area contributed by atoms with Gasteiger partial charge in [-0.3, -0.25) is 14.2 Å². The number of H-pyrrole nitrogens is 1. The molecule has 1 amide bonds. The van der Waals surface area contributed by atoms with Gasteiger partial charge in [0.05, 0.1) is 31.7 Å². The first-order chi connectivity index (χ1) is 18.4. The zero-order valence-electron chi connectivity index (χ0n) is 21.1. The van der Waals surface area contributed by atoms with Gasteiger partial charge in [-0.25, -0.2) is 4.79 Å². The van der Waals surface area contributed by atoms with Gasteiger partial charge in [0, 0.05) is 48.5 Å². The van der Waals surface area contributed by atoms with Crippen molar-refractivity contribution in [3.63, 3.8) is 0 Å². The maximum Gasteiger partial charge on any atom is 0.329 e. The van der Waals surface area contributed by atoms with Gasteiger partial charge >= 0.3 is 5.69 Å². The number of benzene rings is 3. The fourth-order valence-electron chi connectivity index (χ4n) is 4.68. The number of hydrogen-bond donors (Lipinski definition) is 1. The first-order valence-corrected chi connectivity index (χ1v) is 12.5. The highest BCUT2D eigenvalue weighted by Gasteiger charge is 2.22. The molecule has 0 radical (unpaired) electrons. The Bertz CT molecular complexity index is 1600. The Morgan fingerprint density at radius 3 is 2.26 bits per heavy atom. The fourth-order valence-corrected chi connectivity index (χ4v) is 4.87. The number of halogens is 1. The molecule has 1 fully saturated rings. The molecular weight excluding hydrogens is 508 g/mol. The molecular formula is C28H27ClN4O5. The number of nitrogens with zero attached hydrogens (tertiary/aromatic N) is 3. The number of carbonyl (C=O) groups excluding carboxylic acids is 1. The predicted molar refractivity (Wildman–Crippen MR) is 147 cm³/mol. The average Bonchev–Trinajstić information content (AvgIpc) is 2.94. The molecule has 0 spiro atoms. The number of piperazine rings is 1. The minimum Gasteiger partial charge on any atom is -0.493 e. The van der Waals surface area contributed by atoms with Crippen molar-refractivity contribution in [2.75, 3.05) is 45.3 Å². The van der Waals surface area contributed by atoms with Gasteiger partial charge in [0.1, 0.15) is 0 Å². The number of anilines is 1. The third kappa shape index (κ3) is 4.97. The second-order valence-corrected chi connectivity index (χ2v) is 9.47. The van der Waals surface area contributed by atoms with Crippen LogP contribution in [0.2, 0.25) is 5.02 Å². The molecule has 1 aromatic heterocycles. The molecule has 1 aliphatic heterocycles. The lowest BCUT2D eigenvalue weighted by Crippen LogP contribution is -2.48. The van der Waals surface area contributed by atoms with Gasteiger partial charge in [-0.15, -0.1) is 0 Å². The van der Waals surface area contributed by atoms with Crippen molar-refractivity contribution in [3.05, 3.63) is 97.7 Å². The van der Waals surface area contributed by atoms with Crippen molar-refractivity contribution in [1.82, 2.24) is 14.5 Å². The van der Waals surface area contributed by atoms with Crippen LogP contribution in [0.1, 0.15) is 15.9 Å². The second-order valence-electron chi connectivity index (χ2n) is 9.03. The average molecular weight is 535 g/mol. The van der Waals surface area contributed by atoms with Crippen molar-refractivity contribution in [1.29, 1.82) is 0 Å². The molecule has 10 heteroatoms. The SMILES string of the molecule is COc1cc2[nH]c(=O)n(Cc3ccc(C(=O)N4CCN(c5cccc(Cl)c5)CC4)cc3)c(=O)c2cc1OC. The van der Waals surface area contributed by atoms with Gasteiger partial charge in [0.2, 0.25) is 0 Å². The van der Waals surface area contributed by atoms with Crippen molar-refractivity contribution in [2.45, 2.75) is 6.54 Å². The van der Waals surface area contributed by atoms with Crippen LogP contribution in [0.4, 0.5) is 5.69 Å². The Labute approximate surface area is 223 Å². The van der Waals surface area contributed by atoms with Crippen molar-refractivity contribution < 1.29 is 14.3 Å². The maximum atomic E-state index is 13.1. The van der Waals surface area contributed by atoms with E-state index >= 15 is 0 Å². The summed E-state index contributed by atoms with van der Waals surface area (Å²) < 4.78 is 11.7. The van der Waals surface area contributed by atoms with Gasteiger partial charge in [0.15, 0.2) is 11.5 Å². The third-order valence-electron chi connectivity index (χ3n) is 6.77. The topological polar surface area (TPSA) is 96.9 Å². The lowest BCUT2D eigenvalue weighted by molar-refractivity contribution is 0.0747. The normalized spacial score (nSPS) is 13.6. The highest BCUT2D eigenvalue weighted by atomic mass is 35.5. The molecule has 4 aromatic rings. The van der Waals surface area contributed by atoms with Crippen LogP contribution < -0.4 is 25.6 Å². The molecule has 0 saturated carbocycles. The molecule has 1 saturated heterocycles. The summed E-state index contributed by atoms with van der Waals surface area (Å²) in [5.41, 5.74) is 1.71. The van der Waals surface area contributed by atoms with Crippen LogP contribution in [0.15, 0.2) is 70.3 Å². The van der Waals surface area contributed by atoms with E-state index in [0.29, 0.717) is 59.2 Å². The number of hydrogen-bond acceptors (Lipinski definition) is 6. The third-order valence-corrected chi connectivity index (χ3v) is 7.00. The van der Waals surface area contributed by atoms with E-state index in [2.05, 4.69) is 9.88 Å². The summed E-state index contributed by atoms with van der Waals surface area (Å²) in [4.78, 5) is 45.7. The molecule has 1 N–H and O–H groups in total. The Hall–Kier alpha value is -4.24. The number of nitrogens with one attached hydrogen (secondary N) is 1. The molecule has 38 heavy (non-hydrogen) atoms. The van der Waals surface area contributed by atoms with Crippen LogP contribution in [0, 0.1) is 0 Å². The lowest BCUT2D eigenvalue weighted by Gasteiger charge is -2.36. The number of aromatic nitrogens is 2. The van der Waals surface area contributed by atoms with E-state index in [9.17, 15) is 14.4 Å². The number of rotatable bonds is 6. The summed E-state index contributed by atoms with van der Waals surface area (Å²) >= 11 is 6.11. The lowest BCUT2D eigenvalue weighted by atomic mass is 10.1. The summed E-state index contributed by atoms with van der Waals surface area (Å²) in [6, 6.07) is 17.8. The quantitative estimate of drug-likeness (QED) is 0.407. The van der Waals surface area contributed by atoms with E-state index in [0.717, 1.165) is 15.8 Å². The number of ether oxygens (including phenoxy) is 2. The Morgan fingerprint density at radius 2 is 1.61 bits per heavy atom. The Morgan fingerprint density at radius 1 is 0.921 bits per heavy atom. The summed E-state index contributed by atoms with van der Waals surface area (Å²) in [6.45, 7) is 2.70. The molecule has 196 valence electrons. The second kappa shape index (κ2) is 10.6. The van der Waals surface area contributed by atoms with Crippen LogP contribution >= 0.6 is 11.6 Å². The van der Waals surface area contributed by atoms with Gasteiger partial charge in [-0.05, 0) is 42.0 Å². The molecule has 1 aliphatic rings. The van der Waals surface area contributed by atoms with Crippen LogP contribution in [0.5, 0.6) is 11.5 Å². The van der Waals surface area contributed by atoms with E-state index in [-0.39, 0.29) is 12.5 Å². The summed E-state index contributed by atoms with van der Waals surface area (Å²) in [5.74, 6) is 0.759. The van der Waals surface area contributed by atoms with E-state index in [1.807, 2.05) is 29.2 Å². The minimum atomic E-state index is -0.535. The van der Waals surface area contributed by atoms with Gasteiger partial charge in [-0.1, -0.05) is 29.8 Å². The Balaban J connectivity index is 1.30. The summed E-state index contributed by atoms with van der Waals surface area (Å²) in [6.07, 6.45) is 0. The molecule has 9 nitrogen and oxygen atoms in total. The molecule has 2 heterocycles. The highest BCUT2D eigenvalue weighted by Crippen LogP contribution is 2.29. The number of aromatic amines is 1. The summed E-state index contributed by atoms with van der Waals surface area (Å²) in [5, 5.41) is 1.000. The largest absolute Gasteiger partial charge is 0.493 e.